The van der Waals surface area contributed by atoms with Crippen LogP contribution >= 0.6 is 0 Å². The molecule has 6 nitrogen and oxygen atoms in total. The molecule has 3 rings (SSSR count). The Balaban J connectivity index is 2.15. The molecule has 2 aromatic rings. The molecule has 0 bridgehead atoms. The zero-order valence-electron chi connectivity index (χ0n) is 15.3. The van der Waals surface area contributed by atoms with Crippen LogP contribution in [-0.2, 0) is 4.74 Å². The van der Waals surface area contributed by atoms with Gasteiger partial charge >= 0.3 is 0 Å². The number of morpholine rings is 1. The maximum atomic E-state index is 6.02. The van der Waals surface area contributed by atoms with Gasteiger partial charge in [0.1, 0.15) is 5.82 Å². The first-order valence-electron chi connectivity index (χ1n) is 8.68. The summed E-state index contributed by atoms with van der Waals surface area (Å²) in [4.78, 5) is 11.1. The molecule has 26 heavy (non-hydrogen) atoms. The number of benzene rings is 1. The summed E-state index contributed by atoms with van der Waals surface area (Å²) in [7, 11) is 1.72. The summed E-state index contributed by atoms with van der Waals surface area (Å²) in [6.07, 6.45) is 3.26. The third kappa shape index (κ3) is 3.86. The normalized spacial score (nSPS) is 15.6. The SMILES string of the molecule is CN=C/C(=C\N)c1cc(-c2cc(N)ccc2C)cc(N2CCOCC2)n1. The van der Waals surface area contributed by atoms with Crippen molar-refractivity contribution in [3.8, 4) is 11.1 Å². The first-order chi connectivity index (χ1) is 12.6. The molecule has 136 valence electrons. The van der Waals surface area contributed by atoms with Crippen LogP contribution in [0.1, 0.15) is 11.3 Å². The molecule has 1 aliphatic heterocycles. The van der Waals surface area contributed by atoms with Crippen molar-refractivity contribution in [2.75, 3.05) is 44.0 Å². The maximum Gasteiger partial charge on any atom is 0.130 e. The van der Waals surface area contributed by atoms with Crippen LogP contribution in [0.5, 0.6) is 0 Å². The number of hydrogen-bond acceptors (Lipinski definition) is 6. The predicted molar refractivity (Wildman–Crippen MR) is 108 cm³/mol. The lowest BCUT2D eigenvalue weighted by atomic mass is 9.98. The standard InChI is InChI=1S/C20H25N5O/c1-14-3-4-17(22)11-18(14)15-9-19(16(12-21)13-23-2)24-20(10-15)25-5-7-26-8-6-25/h3-4,9-13H,5-8,21-22H2,1-2H3/b16-12+,23-13?. The fourth-order valence-electron chi connectivity index (χ4n) is 3.06. The lowest BCUT2D eigenvalue weighted by Crippen LogP contribution is -2.36. The molecule has 0 aliphatic carbocycles. The van der Waals surface area contributed by atoms with Crippen LogP contribution in [0.15, 0.2) is 41.5 Å². The Morgan fingerprint density at radius 1 is 1.23 bits per heavy atom. The van der Waals surface area contributed by atoms with Gasteiger partial charge in [0, 0.05) is 43.8 Å². The number of hydrogen-bond donors (Lipinski definition) is 2. The minimum atomic E-state index is 0.703. The van der Waals surface area contributed by atoms with Crippen LogP contribution in [0.4, 0.5) is 11.5 Å². The number of pyridine rings is 1. The highest BCUT2D eigenvalue weighted by Gasteiger charge is 2.16. The maximum absolute atomic E-state index is 6.02. The minimum Gasteiger partial charge on any atom is -0.404 e. The quantitative estimate of drug-likeness (QED) is 0.652. The van der Waals surface area contributed by atoms with E-state index in [1.807, 2.05) is 24.3 Å². The molecule has 1 saturated heterocycles. The molecule has 2 heterocycles. The number of rotatable bonds is 4. The number of allylic oxidation sites excluding steroid dienone is 1. The summed E-state index contributed by atoms with van der Waals surface area (Å²) >= 11 is 0. The predicted octanol–water partition coefficient (Wildman–Crippen LogP) is 2.48. The van der Waals surface area contributed by atoms with Gasteiger partial charge in [-0.3, -0.25) is 4.99 Å². The van der Waals surface area contributed by atoms with Crippen molar-refractivity contribution in [3.63, 3.8) is 0 Å². The molecule has 0 spiro atoms. The van der Waals surface area contributed by atoms with Crippen molar-refractivity contribution in [2.45, 2.75) is 6.92 Å². The van der Waals surface area contributed by atoms with Gasteiger partial charge in [0.2, 0.25) is 0 Å². The lowest BCUT2D eigenvalue weighted by molar-refractivity contribution is 0.122. The molecule has 1 aromatic carbocycles. The molecule has 6 heteroatoms. The van der Waals surface area contributed by atoms with E-state index in [9.17, 15) is 0 Å². The minimum absolute atomic E-state index is 0.703. The van der Waals surface area contributed by atoms with Crippen molar-refractivity contribution >= 4 is 23.3 Å². The van der Waals surface area contributed by atoms with Crippen LogP contribution in [0, 0.1) is 6.92 Å². The Hall–Kier alpha value is -2.86. The number of anilines is 2. The fourth-order valence-corrected chi connectivity index (χ4v) is 3.06. The molecular weight excluding hydrogens is 326 g/mol. The van der Waals surface area contributed by atoms with Crippen molar-refractivity contribution in [1.29, 1.82) is 0 Å². The molecule has 1 fully saturated rings. The summed E-state index contributed by atoms with van der Waals surface area (Å²) < 4.78 is 5.47. The van der Waals surface area contributed by atoms with E-state index in [0.29, 0.717) is 13.2 Å². The van der Waals surface area contributed by atoms with Gasteiger partial charge < -0.3 is 21.1 Å². The highest BCUT2D eigenvalue weighted by molar-refractivity contribution is 6.09. The van der Waals surface area contributed by atoms with Crippen LogP contribution in [0.2, 0.25) is 0 Å². The second-order valence-electron chi connectivity index (χ2n) is 6.28. The van der Waals surface area contributed by atoms with E-state index < -0.39 is 0 Å². The molecule has 0 amide bonds. The number of nitrogen functional groups attached to an aromatic ring is 1. The smallest absolute Gasteiger partial charge is 0.130 e. The summed E-state index contributed by atoms with van der Waals surface area (Å²) in [5.41, 5.74) is 17.5. The molecular formula is C20H25N5O. The fraction of sp³-hybridized carbons (Fsp3) is 0.300. The van der Waals surface area contributed by atoms with Crippen LogP contribution in [-0.4, -0.2) is 44.5 Å². The number of aliphatic imine (C=N–C) groups is 1. The number of aryl methyl sites for hydroxylation is 1. The monoisotopic (exact) mass is 351 g/mol. The van der Waals surface area contributed by atoms with E-state index in [1.54, 1.807) is 13.3 Å². The summed E-state index contributed by atoms with van der Waals surface area (Å²) in [5, 5.41) is 0. The lowest BCUT2D eigenvalue weighted by Gasteiger charge is -2.28. The Bertz CT molecular complexity index is 838. The van der Waals surface area contributed by atoms with E-state index in [0.717, 1.165) is 52.6 Å². The number of aromatic nitrogens is 1. The molecule has 1 aromatic heterocycles. The zero-order chi connectivity index (χ0) is 18.5. The van der Waals surface area contributed by atoms with E-state index in [1.165, 1.54) is 6.20 Å². The Morgan fingerprint density at radius 3 is 2.69 bits per heavy atom. The topological polar surface area (TPSA) is 89.8 Å². The largest absolute Gasteiger partial charge is 0.404 e. The average molecular weight is 351 g/mol. The van der Waals surface area contributed by atoms with Gasteiger partial charge in [-0.2, -0.15) is 0 Å². The van der Waals surface area contributed by atoms with Crippen molar-refractivity contribution < 1.29 is 4.74 Å². The molecule has 0 unspecified atom stereocenters. The van der Waals surface area contributed by atoms with Gasteiger partial charge in [-0.25, -0.2) is 4.98 Å². The Labute approximate surface area is 154 Å². The van der Waals surface area contributed by atoms with Crippen molar-refractivity contribution in [3.05, 3.63) is 47.8 Å². The van der Waals surface area contributed by atoms with E-state index in [-0.39, 0.29) is 0 Å². The summed E-state index contributed by atoms with van der Waals surface area (Å²) in [6, 6.07) is 10.1. The van der Waals surface area contributed by atoms with E-state index in [4.69, 9.17) is 21.2 Å². The molecule has 0 atom stereocenters. The van der Waals surface area contributed by atoms with Gasteiger partial charge in [-0.05, 0) is 47.9 Å². The third-order valence-electron chi connectivity index (χ3n) is 4.46. The van der Waals surface area contributed by atoms with Gasteiger partial charge in [-0.15, -0.1) is 0 Å². The van der Waals surface area contributed by atoms with Crippen LogP contribution in [0.25, 0.3) is 16.7 Å². The van der Waals surface area contributed by atoms with Gasteiger partial charge in [0.25, 0.3) is 0 Å². The first kappa shape index (κ1) is 17.9. The molecule has 4 N–H and O–H groups in total. The average Bonchev–Trinajstić information content (AvgIpc) is 2.68. The second-order valence-corrected chi connectivity index (χ2v) is 6.28. The van der Waals surface area contributed by atoms with Gasteiger partial charge in [0.05, 0.1) is 18.9 Å². The van der Waals surface area contributed by atoms with Crippen molar-refractivity contribution in [1.82, 2.24) is 4.98 Å². The van der Waals surface area contributed by atoms with Crippen molar-refractivity contribution in [2.24, 2.45) is 10.7 Å². The van der Waals surface area contributed by atoms with E-state index in [2.05, 4.69) is 22.9 Å². The molecule has 0 radical (unpaired) electrons. The van der Waals surface area contributed by atoms with E-state index >= 15 is 0 Å². The third-order valence-corrected chi connectivity index (χ3v) is 4.46. The highest BCUT2D eigenvalue weighted by atomic mass is 16.5. The number of nitrogens with two attached hydrogens (primary N) is 2. The van der Waals surface area contributed by atoms with Crippen LogP contribution < -0.4 is 16.4 Å². The summed E-state index contributed by atoms with van der Waals surface area (Å²) in [6.45, 7) is 5.12. The molecule has 1 aliphatic rings. The first-order valence-corrected chi connectivity index (χ1v) is 8.68. The summed E-state index contributed by atoms with van der Waals surface area (Å²) in [5.74, 6) is 0.909. The van der Waals surface area contributed by atoms with Gasteiger partial charge in [0.15, 0.2) is 0 Å². The Kier molecular flexibility index (Phi) is 5.53. The zero-order valence-corrected chi connectivity index (χ0v) is 15.3. The number of nitrogens with zero attached hydrogens (tertiary/aromatic N) is 3. The van der Waals surface area contributed by atoms with Gasteiger partial charge in [-0.1, -0.05) is 6.07 Å². The second kappa shape index (κ2) is 8.01. The van der Waals surface area contributed by atoms with Crippen LogP contribution in [0.3, 0.4) is 0 Å². The highest BCUT2D eigenvalue weighted by Crippen LogP contribution is 2.30. The number of ether oxygens (including phenoxy) is 1. The Morgan fingerprint density at radius 2 is 2.00 bits per heavy atom. The molecule has 0 saturated carbocycles.